The number of amides is 1. The summed E-state index contributed by atoms with van der Waals surface area (Å²) in [6, 6.07) is 8.73. The number of halogens is 1. The monoisotopic (exact) mass is 454 g/mol. The topological polar surface area (TPSA) is 108 Å². The first kappa shape index (κ1) is 24.0. The van der Waals surface area contributed by atoms with Gasteiger partial charge in [-0.05, 0) is 49.1 Å². The van der Waals surface area contributed by atoms with Crippen LogP contribution in [0.2, 0.25) is 5.02 Å². The van der Waals surface area contributed by atoms with Crippen molar-refractivity contribution in [3.05, 3.63) is 52.5 Å². The van der Waals surface area contributed by atoms with Crippen molar-refractivity contribution >= 4 is 27.5 Å². The van der Waals surface area contributed by atoms with Crippen molar-refractivity contribution in [1.29, 1.82) is 0 Å². The van der Waals surface area contributed by atoms with Crippen LogP contribution in [0, 0.1) is 5.92 Å². The van der Waals surface area contributed by atoms with Gasteiger partial charge in [0.2, 0.25) is 10.0 Å². The van der Waals surface area contributed by atoms with Gasteiger partial charge in [0.15, 0.2) is 11.5 Å². The Bertz CT molecular complexity index is 991. The molecule has 1 atom stereocenters. The number of sulfonamides is 1. The first-order valence-corrected chi connectivity index (χ1v) is 11.4. The van der Waals surface area contributed by atoms with Gasteiger partial charge in [0, 0.05) is 5.56 Å². The number of benzene rings is 2. The van der Waals surface area contributed by atoms with Crippen LogP contribution in [-0.4, -0.2) is 28.0 Å². The van der Waals surface area contributed by atoms with Gasteiger partial charge >= 0.3 is 0 Å². The zero-order chi connectivity index (χ0) is 22.5. The van der Waals surface area contributed by atoms with Crippen LogP contribution >= 0.6 is 11.6 Å². The molecule has 9 heteroatoms. The van der Waals surface area contributed by atoms with Crippen LogP contribution in [0.5, 0.6) is 11.5 Å². The maximum absolute atomic E-state index is 12.7. The van der Waals surface area contributed by atoms with E-state index < -0.39 is 10.0 Å². The smallest absolute Gasteiger partial charge is 0.251 e. The Kier molecular flexibility index (Phi) is 8.11. The summed E-state index contributed by atoms with van der Waals surface area (Å²) in [4.78, 5) is 12.7. The van der Waals surface area contributed by atoms with Crippen LogP contribution in [0.15, 0.2) is 41.3 Å². The summed E-state index contributed by atoms with van der Waals surface area (Å²) in [5.74, 6) is 0.914. The Morgan fingerprint density at radius 2 is 1.80 bits per heavy atom. The van der Waals surface area contributed by atoms with Gasteiger partial charge in [-0.1, -0.05) is 37.6 Å². The summed E-state index contributed by atoms with van der Waals surface area (Å²) in [7, 11) is -2.28. The molecule has 1 amide bonds. The molecule has 0 aliphatic rings. The summed E-state index contributed by atoms with van der Waals surface area (Å²) < 4.78 is 33.8. The van der Waals surface area contributed by atoms with E-state index in [4.69, 9.17) is 26.2 Å². The van der Waals surface area contributed by atoms with Crippen LogP contribution in [0.25, 0.3) is 0 Å². The molecular weight excluding hydrogens is 428 g/mol. The number of carbonyl (C=O) groups is 1. The summed E-state index contributed by atoms with van der Waals surface area (Å²) in [6.45, 7) is 6.47. The van der Waals surface area contributed by atoms with Gasteiger partial charge in [-0.15, -0.1) is 0 Å². The van der Waals surface area contributed by atoms with E-state index in [0.29, 0.717) is 29.6 Å². The highest BCUT2D eigenvalue weighted by molar-refractivity contribution is 7.89. The third-order valence-corrected chi connectivity index (χ3v) is 5.70. The molecule has 0 bridgehead atoms. The minimum atomic E-state index is -3.77. The number of carbonyl (C=O) groups excluding carboxylic acids is 1. The first-order chi connectivity index (χ1) is 14.0. The fourth-order valence-corrected chi connectivity index (χ4v) is 3.48. The standard InChI is InChI=1S/C21H27ClN2O5S/c1-13(2)9-10-29-20-18(22)11-16(12-19(20)28-4)21(25)24-14(3)15-5-7-17(8-6-15)30(23,26)27/h5-8,11-14H,9-10H2,1-4H3,(H,24,25)(H2,23,26,27). The number of primary sulfonamides is 1. The lowest BCUT2D eigenvalue weighted by Gasteiger charge is -2.17. The Morgan fingerprint density at radius 1 is 1.17 bits per heavy atom. The van der Waals surface area contributed by atoms with Crippen LogP contribution in [0.3, 0.4) is 0 Å². The minimum absolute atomic E-state index is 0.00866. The number of rotatable bonds is 9. The van der Waals surface area contributed by atoms with Gasteiger partial charge in [0.25, 0.3) is 5.91 Å². The summed E-state index contributed by atoms with van der Waals surface area (Å²) in [6.07, 6.45) is 0.865. The average molecular weight is 455 g/mol. The third kappa shape index (κ3) is 6.35. The molecule has 0 aliphatic heterocycles. The first-order valence-electron chi connectivity index (χ1n) is 9.47. The molecule has 2 rings (SSSR count). The number of ether oxygens (including phenoxy) is 2. The highest BCUT2D eigenvalue weighted by atomic mass is 35.5. The molecular formula is C21H27ClN2O5S. The van der Waals surface area contributed by atoms with Crippen LogP contribution in [0.4, 0.5) is 0 Å². The zero-order valence-corrected chi connectivity index (χ0v) is 19.0. The van der Waals surface area contributed by atoms with Gasteiger partial charge < -0.3 is 14.8 Å². The Labute approximate surface area is 182 Å². The number of hydrogen-bond donors (Lipinski definition) is 2. The maximum atomic E-state index is 12.7. The van der Waals surface area contributed by atoms with E-state index in [9.17, 15) is 13.2 Å². The SMILES string of the molecule is COc1cc(C(=O)NC(C)c2ccc(S(N)(=O)=O)cc2)cc(Cl)c1OCCC(C)C. The Morgan fingerprint density at radius 3 is 2.33 bits per heavy atom. The van der Waals surface area contributed by atoms with E-state index in [-0.39, 0.29) is 21.9 Å². The second kappa shape index (κ2) is 10.1. The van der Waals surface area contributed by atoms with Crippen LogP contribution in [0.1, 0.15) is 49.2 Å². The number of methoxy groups -OCH3 is 1. The number of hydrogen-bond acceptors (Lipinski definition) is 5. The average Bonchev–Trinajstić information content (AvgIpc) is 2.67. The fraction of sp³-hybridized carbons (Fsp3) is 0.381. The van der Waals surface area contributed by atoms with E-state index in [1.807, 2.05) is 0 Å². The van der Waals surface area contributed by atoms with Crippen molar-refractivity contribution in [2.75, 3.05) is 13.7 Å². The molecule has 0 aromatic heterocycles. The van der Waals surface area contributed by atoms with Crippen molar-refractivity contribution in [1.82, 2.24) is 5.32 Å². The lowest BCUT2D eigenvalue weighted by atomic mass is 10.1. The third-order valence-electron chi connectivity index (χ3n) is 4.49. The lowest BCUT2D eigenvalue weighted by Crippen LogP contribution is -2.26. The van der Waals surface area contributed by atoms with Crippen LogP contribution in [-0.2, 0) is 10.0 Å². The molecule has 1 unspecified atom stereocenters. The van der Waals surface area contributed by atoms with E-state index in [1.54, 1.807) is 25.1 Å². The van der Waals surface area contributed by atoms with Crippen molar-refractivity contribution in [2.24, 2.45) is 11.1 Å². The molecule has 0 saturated heterocycles. The van der Waals surface area contributed by atoms with E-state index >= 15 is 0 Å². The molecule has 30 heavy (non-hydrogen) atoms. The summed E-state index contributed by atoms with van der Waals surface area (Å²) in [5, 5.41) is 8.24. The number of nitrogens with two attached hydrogens (primary N) is 1. The second-order valence-electron chi connectivity index (χ2n) is 7.33. The van der Waals surface area contributed by atoms with Crippen molar-refractivity contribution in [3.63, 3.8) is 0 Å². The van der Waals surface area contributed by atoms with Crippen LogP contribution < -0.4 is 19.9 Å². The molecule has 0 aliphatic carbocycles. The minimum Gasteiger partial charge on any atom is -0.493 e. The largest absolute Gasteiger partial charge is 0.493 e. The summed E-state index contributed by atoms with van der Waals surface area (Å²) >= 11 is 6.33. The molecule has 2 aromatic carbocycles. The normalized spacial score (nSPS) is 12.5. The Balaban J connectivity index is 2.15. The lowest BCUT2D eigenvalue weighted by molar-refractivity contribution is 0.0939. The quantitative estimate of drug-likeness (QED) is 0.597. The molecule has 0 radical (unpaired) electrons. The van der Waals surface area contributed by atoms with E-state index in [1.165, 1.54) is 25.3 Å². The maximum Gasteiger partial charge on any atom is 0.251 e. The summed E-state index contributed by atoms with van der Waals surface area (Å²) in [5.41, 5.74) is 1.04. The molecule has 2 aromatic rings. The molecule has 7 nitrogen and oxygen atoms in total. The predicted molar refractivity (Wildman–Crippen MR) is 117 cm³/mol. The highest BCUT2D eigenvalue weighted by Crippen LogP contribution is 2.36. The van der Waals surface area contributed by atoms with Crippen molar-refractivity contribution in [2.45, 2.75) is 38.1 Å². The fourth-order valence-electron chi connectivity index (χ4n) is 2.70. The molecule has 0 saturated carbocycles. The zero-order valence-electron chi connectivity index (χ0n) is 17.4. The van der Waals surface area contributed by atoms with E-state index in [0.717, 1.165) is 12.0 Å². The second-order valence-corrected chi connectivity index (χ2v) is 9.30. The molecule has 0 spiro atoms. The number of nitrogens with one attached hydrogen (secondary N) is 1. The molecule has 0 fully saturated rings. The van der Waals surface area contributed by atoms with Gasteiger partial charge in [-0.2, -0.15) is 0 Å². The van der Waals surface area contributed by atoms with Gasteiger partial charge in [0.05, 0.1) is 29.7 Å². The van der Waals surface area contributed by atoms with Gasteiger partial charge in [-0.25, -0.2) is 13.6 Å². The van der Waals surface area contributed by atoms with Gasteiger partial charge in [-0.3, -0.25) is 4.79 Å². The van der Waals surface area contributed by atoms with Crippen molar-refractivity contribution in [3.8, 4) is 11.5 Å². The van der Waals surface area contributed by atoms with Gasteiger partial charge in [0.1, 0.15) is 0 Å². The molecule has 164 valence electrons. The molecule has 3 N–H and O–H groups in total. The predicted octanol–water partition coefficient (Wildman–Crippen LogP) is 3.91. The van der Waals surface area contributed by atoms with E-state index in [2.05, 4.69) is 19.2 Å². The molecule has 0 heterocycles. The van der Waals surface area contributed by atoms with Crippen molar-refractivity contribution < 1.29 is 22.7 Å². The Hall–Kier alpha value is -2.29. The highest BCUT2D eigenvalue weighted by Gasteiger charge is 2.18.